The van der Waals surface area contributed by atoms with Crippen LogP contribution >= 0.6 is 46.7 Å². The van der Waals surface area contributed by atoms with Gasteiger partial charge in [-0.3, -0.25) is 9.89 Å². The minimum Gasteiger partial charge on any atom is -0.356 e. The van der Waals surface area contributed by atoms with E-state index in [1.807, 2.05) is 18.4 Å². The molecule has 0 spiro atoms. The molecule has 0 saturated heterocycles. The van der Waals surface area contributed by atoms with Crippen LogP contribution in [0.15, 0.2) is 33.3 Å². The number of nitrogens with zero attached hydrogens (tertiary/aromatic N) is 2. The van der Waals surface area contributed by atoms with Gasteiger partial charge in [-0.05, 0) is 58.7 Å². The van der Waals surface area contributed by atoms with E-state index in [-0.39, 0.29) is 24.0 Å². The van der Waals surface area contributed by atoms with Gasteiger partial charge in [0, 0.05) is 44.1 Å². The fourth-order valence-electron chi connectivity index (χ4n) is 3.16. The standard InChI is InChI=1S/C19H28N4S2.HI/c1-14(17-5-8-24-13-17)10-21-19(20-3)22-11-15(2)23-7-4-18-16(12-23)6-9-25-18;/h5-6,8-9,13-15H,4,7,10-12H2,1-3H3,(H2,20,21,22);1H. The molecule has 1 aliphatic heterocycles. The first-order valence-corrected chi connectivity index (χ1v) is 10.8. The second-order valence-electron chi connectivity index (χ2n) is 6.73. The highest BCUT2D eigenvalue weighted by Crippen LogP contribution is 2.25. The predicted octanol–water partition coefficient (Wildman–Crippen LogP) is 4.14. The van der Waals surface area contributed by atoms with E-state index in [9.17, 15) is 0 Å². The molecule has 0 saturated carbocycles. The number of nitrogens with one attached hydrogen (secondary N) is 2. The Balaban J connectivity index is 0.00000243. The Kier molecular flexibility index (Phi) is 8.86. The second-order valence-corrected chi connectivity index (χ2v) is 8.51. The summed E-state index contributed by atoms with van der Waals surface area (Å²) in [6.45, 7) is 8.57. The zero-order chi connectivity index (χ0) is 17.6. The van der Waals surface area contributed by atoms with E-state index in [0.717, 1.165) is 32.1 Å². The molecule has 0 fully saturated rings. The first-order valence-electron chi connectivity index (χ1n) is 8.93. The van der Waals surface area contributed by atoms with Gasteiger partial charge in [-0.1, -0.05) is 6.92 Å². The van der Waals surface area contributed by atoms with E-state index in [4.69, 9.17) is 0 Å². The number of fused-ring (bicyclic) bond motifs is 1. The molecule has 3 heterocycles. The zero-order valence-electron chi connectivity index (χ0n) is 15.7. The molecular weight excluding hydrogens is 475 g/mol. The number of hydrogen-bond donors (Lipinski definition) is 2. The van der Waals surface area contributed by atoms with E-state index in [0.29, 0.717) is 12.0 Å². The van der Waals surface area contributed by atoms with Crippen molar-refractivity contribution in [1.29, 1.82) is 0 Å². The highest BCUT2D eigenvalue weighted by atomic mass is 127. The van der Waals surface area contributed by atoms with Crippen molar-refractivity contribution in [3.63, 3.8) is 0 Å². The van der Waals surface area contributed by atoms with Crippen LogP contribution in [0.4, 0.5) is 0 Å². The molecule has 2 unspecified atom stereocenters. The maximum absolute atomic E-state index is 4.37. The number of guanidine groups is 1. The summed E-state index contributed by atoms with van der Waals surface area (Å²) in [5.41, 5.74) is 2.90. The largest absolute Gasteiger partial charge is 0.356 e. The van der Waals surface area contributed by atoms with Crippen molar-refractivity contribution in [1.82, 2.24) is 15.5 Å². The normalized spacial score (nSPS) is 17.1. The molecule has 2 N–H and O–H groups in total. The molecule has 0 aliphatic carbocycles. The molecule has 0 aromatic carbocycles. The molecule has 2 aromatic rings. The summed E-state index contributed by atoms with van der Waals surface area (Å²) in [5, 5.41) is 13.5. The fourth-order valence-corrected chi connectivity index (χ4v) is 4.84. The number of hydrogen-bond acceptors (Lipinski definition) is 4. The Morgan fingerprint density at radius 1 is 1.23 bits per heavy atom. The lowest BCUT2D eigenvalue weighted by Crippen LogP contribution is -2.47. The lowest BCUT2D eigenvalue weighted by molar-refractivity contribution is 0.192. The summed E-state index contributed by atoms with van der Waals surface area (Å²) in [6, 6.07) is 4.96. The summed E-state index contributed by atoms with van der Waals surface area (Å²) in [6.07, 6.45) is 1.18. The van der Waals surface area contributed by atoms with Crippen molar-refractivity contribution in [2.75, 3.05) is 26.7 Å². The van der Waals surface area contributed by atoms with Crippen molar-refractivity contribution in [3.05, 3.63) is 44.3 Å². The summed E-state index contributed by atoms with van der Waals surface area (Å²) < 4.78 is 0. The predicted molar refractivity (Wildman–Crippen MR) is 125 cm³/mol. The van der Waals surface area contributed by atoms with E-state index >= 15 is 0 Å². The van der Waals surface area contributed by atoms with E-state index in [2.05, 4.69) is 62.6 Å². The third-order valence-electron chi connectivity index (χ3n) is 4.94. The third kappa shape index (κ3) is 5.68. The summed E-state index contributed by atoms with van der Waals surface area (Å²) in [7, 11) is 1.84. The maximum atomic E-state index is 4.37. The third-order valence-corrected chi connectivity index (χ3v) is 6.66. The molecule has 144 valence electrons. The number of aliphatic imine (C=N–C) groups is 1. The number of halogens is 1. The highest BCUT2D eigenvalue weighted by Gasteiger charge is 2.21. The van der Waals surface area contributed by atoms with Gasteiger partial charge in [0.15, 0.2) is 5.96 Å². The minimum absolute atomic E-state index is 0. The Morgan fingerprint density at radius 3 is 2.77 bits per heavy atom. The van der Waals surface area contributed by atoms with Crippen LogP contribution in [0.2, 0.25) is 0 Å². The van der Waals surface area contributed by atoms with Crippen LogP contribution in [-0.4, -0.2) is 43.6 Å². The van der Waals surface area contributed by atoms with Gasteiger partial charge in [0.2, 0.25) is 0 Å². The lowest BCUT2D eigenvalue weighted by Gasteiger charge is -2.32. The van der Waals surface area contributed by atoms with Gasteiger partial charge in [0.05, 0.1) is 0 Å². The van der Waals surface area contributed by atoms with Gasteiger partial charge in [-0.25, -0.2) is 0 Å². The molecule has 26 heavy (non-hydrogen) atoms. The van der Waals surface area contributed by atoms with E-state index in [1.165, 1.54) is 17.5 Å². The van der Waals surface area contributed by atoms with Crippen molar-refractivity contribution >= 4 is 52.6 Å². The summed E-state index contributed by atoms with van der Waals surface area (Å²) in [5.74, 6) is 1.38. The minimum atomic E-state index is 0. The number of thiophene rings is 2. The topological polar surface area (TPSA) is 39.7 Å². The van der Waals surface area contributed by atoms with Crippen LogP contribution in [0.3, 0.4) is 0 Å². The van der Waals surface area contributed by atoms with Crippen molar-refractivity contribution < 1.29 is 0 Å². The van der Waals surface area contributed by atoms with Gasteiger partial charge in [0.1, 0.15) is 0 Å². The Morgan fingerprint density at radius 2 is 2.04 bits per heavy atom. The van der Waals surface area contributed by atoms with Crippen LogP contribution in [0.5, 0.6) is 0 Å². The molecule has 4 nitrogen and oxygen atoms in total. The van der Waals surface area contributed by atoms with Gasteiger partial charge in [0.25, 0.3) is 0 Å². The highest BCUT2D eigenvalue weighted by molar-refractivity contribution is 14.0. The van der Waals surface area contributed by atoms with Crippen LogP contribution in [0.25, 0.3) is 0 Å². The van der Waals surface area contributed by atoms with Crippen molar-refractivity contribution in [3.8, 4) is 0 Å². The van der Waals surface area contributed by atoms with Gasteiger partial charge in [-0.15, -0.1) is 35.3 Å². The Hall–Kier alpha value is -0.640. The molecule has 7 heteroatoms. The fraction of sp³-hybridized carbons (Fsp3) is 0.526. The SMILES string of the molecule is CN=C(NCC(C)c1ccsc1)NCC(C)N1CCc2sccc2C1.I. The molecule has 0 radical (unpaired) electrons. The Labute approximate surface area is 182 Å². The van der Waals surface area contributed by atoms with Crippen LogP contribution < -0.4 is 10.6 Å². The van der Waals surface area contributed by atoms with Gasteiger partial charge in [-0.2, -0.15) is 11.3 Å². The monoisotopic (exact) mass is 504 g/mol. The van der Waals surface area contributed by atoms with Crippen LogP contribution in [-0.2, 0) is 13.0 Å². The first-order chi connectivity index (χ1) is 12.2. The number of rotatable bonds is 6. The molecule has 2 atom stereocenters. The first kappa shape index (κ1) is 21.7. The molecule has 0 amide bonds. The zero-order valence-corrected chi connectivity index (χ0v) is 19.7. The van der Waals surface area contributed by atoms with Crippen molar-refractivity contribution in [2.45, 2.75) is 38.8 Å². The van der Waals surface area contributed by atoms with Gasteiger partial charge < -0.3 is 10.6 Å². The Bertz CT molecular complexity index is 684. The lowest BCUT2D eigenvalue weighted by atomic mass is 10.1. The van der Waals surface area contributed by atoms with E-state index < -0.39 is 0 Å². The smallest absolute Gasteiger partial charge is 0.191 e. The summed E-state index contributed by atoms with van der Waals surface area (Å²) in [4.78, 5) is 8.49. The molecule has 0 bridgehead atoms. The quantitative estimate of drug-likeness (QED) is 0.353. The van der Waals surface area contributed by atoms with Gasteiger partial charge >= 0.3 is 0 Å². The molecule has 3 rings (SSSR count). The second kappa shape index (κ2) is 10.6. The average Bonchev–Trinajstić information content (AvgIpc) is 3.32. The van der Waals surface area contributed by atoms with E-state index in [1.54, 1.807) is 16.2 Å². The van der Waals surface area contributed by atoms with Crippen LogP contribution in [0, 0.1) is 0 Å². The summed E-state index contributed by atoms with van der Waals surface area (Å²) >= 11 is 3.65. The van der Waals surface area contributed by atoms with Crippen molar-refractivity contribution in [2.24, 2.45) is 4.99 Å². The molecule has 2 aromatic heterocycles. The average molecular weight is 505 g/mol. The maximum Gasteiger partial charge on any atom is 0.191 e. The van der Waals surface area contributed by atoms with Crippen LogP contribution in [0.1, 0.15) is 35.8 Å². The molecular formula is C19H29IN4S2. The molecule has 1 aliphatic rings.